The first-order valence-electron chi connectivity index (χ1n) is 11.2. The first-order valence-corrected chi connectivity index (χ1v) is 13.8. The maximum Gasteiger partial charge on any atom is 0.352 e. The van der Waals surface area contributed by atoms with Crippen LogP contribution in [0, 0.1) is 0 Å². The number of benzene rings is 2. The van der Waals surface area contributed by atoms with E-state index in [1.807, 2.05) is 30.3 Å². The number of hydrogen-bond acceptors (Lipinski definition) is 6. The predicted octanol–water partition coefficient (Wildman–Crippen LogP) is 3.38. The number of carbonyl (C=O) groups excluding carboxylic acids is 3. The van der Waals surface area contributed by atoms with Crippen LogP contribution in [0.15, 0.2) is 65.9 Å². The van der Waals surface area contributed by atoms with Crippen molar-refractivity contribution in [3.8, 4) is 0 Å². The van der Waals surface area contributed by atoms with Gasteiger partial charge in [-0.3, -0.25) is 19.3 Å². The second kappa shape index (κ2) is 11.9. The smallest absolute Gasteiger partial charge is 0.352 e. The van der Waals surface area contributed by atoms with E-state index in [2.05, 4.69) is 10.6 Å². The van der Waals surface area contributed by atoms with Gasteiger partial charge < -0.3 is 15.7 Å². The topological polar surface area (TPSA) is 116 Å². The highest BCUT2D eigenvalue weighted by atomic mass is 35.5. The zero-order chi connectivity index (χ0) is 25.7. The van der Waals surface area contributed by atoms with Gasteiger partial charge in [-0.05, 0) is 35.4 Å². The minimum atomic E-state index is -1.17. The zero-order valence-corrected chi connectivity index (χ0v) is 21.5. The number of nitrogens with zero attached hydrogens (tertiary/aromatic N) is 1. The van der Waals surface area contributed by atoms with Crippen LogP contribution in [0.5, 0.6) is 0 Å². The van der Waals surface area contributed by atoms with Gasteiger partial charge in [0.1, 0.15) is 17.1 Å². The van der Waals surface area contributed by atoms with Crippen LogP contribution in [-0.2, 0) is 25.6 Å². The summed E-state index contributed by atoms with van der Waals surface area (Å²) in [4.78, 5) is 50.6. The van der Waals surface area contributed by atoms with Crippen molar-refractivity contribution >= 4 is 64.5 Å². The molecule has 2 aliphatic heterocycles. The molecule has 3 amide bonds. The van der Waals surface area contributed by atoms with Crippen molar-refractivity contribution in [1.29, 1.82) is 0 Å². The highest BCUT2D eigenvalue weighted by Crippen LogP contribution is 2.41. The molecule has 2 aromatic rings. The molecule has 1 saturated heterocycles. The third kappa shape index (κ3) is 6.24. The van der Waals surface area contributed by atoms with Gasteiger partial charge in [0, 0.05) is 34.4 Å². The highest BCUT2D eigenvalue weighted by molar-refractivity contribution is 8.01. The summed E-state index contributed by atoms with van der Waals surface area (Å²) in [6.45, 7) is 0. The number of nitrogens with one attached hydrogen (secondary N) is 2. The fraction of sp³-hybridized carbons (Fsp3) is 0.280. The second-order valence-electron chi connectivity index (χ2n) is 8.23. The summed E-state index contributed by atoms with van der Waals surface area (Å²) < 4.78 is 0. The van der Waals surface area contributed by atoms with E-state index >= 15 is 0 Å². The van der Waals surface area contributed by atoms with Gasteiger partial charge in [0.25, 0.3) is 5.91 Å². The Labute approximate surface area is 221 Å². The molecule has 0 spiro atoms. The number of β-lactam (4-membered cyclic amide) rings is 1. The Hall–Kier alpha value is -2.95. The van der Waals surface area contributed by atoms with E-state index in [0.717, 1.165) is 5.56 Å². The Morgan fingerprint density at radius 3 is 2.50 bits per heavy atom. The Morgan fingerprint density at radius 2 is 1.81 bits per heavy atom. The van der Waals surface area contributed by atoms with E-state index in [9.17, 15) is 24.3 Å². The zero-order valence-electron chi connectivity index (χ0n) is 19.1. The van der Waals surface area contributed by atoms with Gasteiger partial charge >= 0.3 is 5.97 Å². The molecule has 0 aliphatic carbocycles. The van der Waals surface area contributed by atoms with E-state index in [1.54, 1.807) is 24.3 Å². The van der Waals surface area contributed by atoms with Gasteiger partial charge in [-0.1, -0.05) is 41.9 Å². The summed E-state index contributed by atoms with van der Waals surface area (Å²) in [5, 5.41) is 15.5. The molecule has 0 saturated carbocycles. The molecule has 0 aromatic heterocycles. The van der Waals surface area contributed by atoms with Gasteiger partial charge in [0.2, 0.25) is 11.8 Å². The summed E-state index contributed by atoms with van der Waals surface area (Å²) in [7, 11) is 0. The molecule has 0 radical (unpaired) electrons. The fourth-order valence-electron chi connectivity index (χ4n) is 3.92. The van der Waals surface area contributed by atoms with E-state index < -0.39 is 23.3 Å². The summed E-state index contributed by atoms with van der Waals surface area (Å²) in [6.07, 6.45) is 0.411. The molecule has 3 N–H and O–H groups in total. The van der Waals surface area contributed by atoms with E-state index in [4.69, 9.17) is 11.6 Å². The molecule has 8 nitrogen and oxygen atoms in total. The first kappa shape index (κ1) is 26.1. The van der Waals surface area contributed by atoms with Crippen LogP contribution >= 0.6 is 35.1 Å². The quantitative estimate of drug-likeness (QED) is 0.309. The van der Waals surface area contributed by atoms with Gasteiger partial charge in [0.05, 0.1) is 6.42 Å². The standard InChI is InChI=1S/C25H24ClN3O5S2/c26-17-6-8-18(9-7-17)27-19(30)10-11-35-13-16-14-36-24-21(23(32)29(24)22(16)25(33)34)28-20(31)12-15-4-2-1-3-5-15/h1-9,21,24H,10-14H2,(H,27,30)(H,28,31)(H,33,34)/t21-,24-/m1/s1. The molecule has 4 rings (SSSR count). The molecule has 36 heavy (non-hydrogen) atoms. The molecule has 2 heterocycles. The molecule has 1 fully saturated rings. The number of aliphatic carboxylic acids is 1. The lowest BCUT2D eigenvalue weighted by Gasteiger charge is -2.49. The molecule has 188 valence electrons. The van der Waals surface area contributed by atoms with Crippen LogP contribution in [0.2, 0.25) is 5.02 Å². The average Bonchev–Trinajstić information content (AvgIpc) is 2.86. The number of hydrogen-bond donors (Lipinski definition) is 3. The molecule has 2 aliphatic rings. The number of rotatable bonds is 10. The van der Waals surface area contributed by atoms with Crippen molar-refractivity contribution in [1.82, 2.24) is 10.2 Å². The van der Waals surface area contributed by atoms with Gasteiger partial charge in [-0.15, -0.1) is 11.8 Å². The molecular formula is C25H24ClN3O5S2. The number of anilines is 1. The minimum absolute atomic E-state index is 0.0181. The number of halogens is 1. The lowest BCUT2D eigenvalue weighted by Crippen LogP contribution is -2.70. The van der Waals surface area contributed by atoms with Crippen LogP contribution in [0.25, 0.3) is 0 Å². The third-order valence-corrected chi connectivity index (χ3v) is 8.29. The molecule has 0 bridgehead atoms. The SMILES string of the molecule is O=C(CCSCC1=C(C(=O)O)N2C(=O)[C@@H](NC(=O)Cc3ccccc3)[C@H]2SC1)Nc1ccc(Cl)cc1. The van der Waals surface area contributed by atoms with Gasteiger partial charge in [0.15, 0.2) is 0 Å². The summed E-state index contributed by atoms with van der Waals surface area (Å²) in [5.41, 5.74) is 2.11. The summed E-state index contributed by atoms with van der Waals surface area (Å²) in [6, 6.07) is 15.3. The number of amides is 3. The van der Waals surface area contributed by atoms with E-state index in [-0.39, 0.29) is 30.4 Å². The van der Waals surface area contributed by atoms with Crippen molar-refractivity contribution in [2.75, 3.05) is 22.6 Å². The van der Waals surface area contributed by atoms with Crippen molar-refractivity contribution < 1.29 is 24.3 Å². The summed E-state index contributed by atoms with van der Waals surface area (Å²) in [5.74, 6) is -0.693. The molecular weight excluding hydrogens is 522 g/mol. The third-order valence-electron chi connectivity index (χ3n) is 5.65. The summed E-state index contributed by atoms with van der Waals surface area (Å²) >= 11 is 8.72. The second-order valence-corrected chi connectivity index (χ2v) is 10.9. The average molecular weight is 546 g/mol. The van der Waals surface area contributed by atoms with Crippen molar-refractivity contribution in [3.05, 3.63) is 76.5 Å². The number of thioether (sulfide) groups is 2. The Kier molecular flexibility index (Phi) is 8.60. The van der Waals surface area contributed by atoms with Crippen LogP contribution in [-0.4, -0.2) is 62.4 Å². The van der Waals surface area contributed by atoms with Gasteiger partial charge in [-0.25, -0.2) is 4.79 Å². The van der Waals surface area contributed by atoms with Crippen molar-refractivity contribution in [2.24, 2.45) is 0 Å². The number of fused-ring (bicyclic) bond motifs is 1. The number of carboxylic acid groups (broad SMARTS) is 1. The van der Waals surface area contributed by atoms with Crippen LogP contribution in [0.3, 0.4) is 0 Å². The van der Waals surface area contributed by atoms with Crippen molar-refractivity contribution in [3.63, 3.8) is 0 Å². The van der Waals surface area contributed by atoms with E-state index in [1.165, 1.54) is 28.4 Å². The lowest BCUT2D eigenvalue weighted by atomic mass is 10.0. The Balaban J connectivity index is 1.29. The number of carboxylic acids is 1. The lowest BCUT2D eigenvalue weighted by molar-refractivity contribution is -0.150. The largest absolute Gasteiger partial charge is 0.477 e. The first-order chi connectivity index (χ1) is 17.3. The molecule has 11 heteroatoms. The van der Waals surface area contributed by atoms with Gasteiger partial charge in [-0.2, -0.15) is 11.8 Å². The predicted molar refractivity (Wildman–Crippen MR) is 142 cm³/mol. The molecule has 0 unspecified atom stereocenters. The monoisotopic (exact) mass is 545 g/mol. The van der Waals surface area contributed by atoms with Crippen molar-refractivity contribution in [2.45, 2.75) is 24.3 Å². The highest BCUT2D eigenvalue weighted by Gasteiger charge is 2.54. The maximum absolute atomic E-state index is 12.8. The number of carbonyl (C=O) groups is 4. The molecule has 2 aromatic carbocycles. The Morgan fingerprint density at radius 1 is 1.08 bits per heavy atom. The Bertz CT molecular complexity index is 1190. The fourth-order valence-corrected chi connectivity index (χ4v) is 6.48. The minimum Gasteiger partial charge on any atom is -0.477 e. The van der Waals surface area contributed by atoms with Crippen LogP contribution in [0.4, 0.5) is 5.69 Å². The van der Waals surface area contributed by atoms with E-state index in [0.29, 0.717) is 33.5 Å². The maximum atomic E-state index is 12.8. The normalized spacial score (nSPS) is 18.8. The van der Waals surface area contributed by atoms with Crippen LogP contribution < -0.4 is 10.6 Å². The van der Waals surface area contributed by atoms with Crippen LogP contribution in [0.1, 0.15) is 12.0 Å². The molecule has 2 atom stereocenters.